The van der Waals surface area contributed by atoms with Gasteiger partial charge in [0.15, 0.2) is 0 Å². The van der Waals surface area contributed by atoms with E-state index in [1.54, 1.807) is 4.57 Å². The summed E-state index contributed by atoms with van der Waals surface area (Å²) in [5.74, 6) is 0. The van der Waals surface area contributed by atoms with E-state index in [2.05, 4.69) is 100 Å². The van der Waals surface area contributed by atoms with Crippen LogP contribution in [0, 0.1) is 0 Å². The normalized spacial score (nSPS) is 12.2. The predicted molar refractivity (Wildman–Crippen MR) is 167 cm³/mol. The summed E-state index contributed by atoms with van der Waals surface area (Å²) < 4.78 is 11.4. The van der Waals surface area contributed by atoms with Gasteiger partial charge in [-0.05, 0) is 110 Å². The summed E-state index contributed by atoms with van der Waals surface area (Å²) >= 11 is 14.0. The molecule has 7 heteroatoms. The average Bonchev–Trinajstić information content (AvgIpc) is 3.33. The predicted octanol–water partition coefficient (Wildman–Crippen LogP) is 10.9. The molecule has 0 saturated carbocycles. The summed E-state index contributed by atoms with van der Waals surface area (Å²) in [6.07, 6.45) is 0.697. The van der Waals surface area contributed by atoms with Crippen molar-refractivity contribution in [2.24, 2.45) is 0 Å². The highest BCUT2D eigenvalue weighted by Crippen LogP contribution is 2.39. The number of halogens is 4. The maximum Gasteiger partial charge on any atom is 0.419 e. The molecule has 3 nitrogen and oxygen atoms in total. The Labute approximate surface area is 249 Å². The van der Waals surface area contributed by atoms with Gasteiger partial charge >= 0.3 is 6.09 Å². The van der Waals surface area contributed by atoms with Crippen molar-refractivity contribution >= 4 is 91.6 Å². The third-order valence-corrected chi connectivity index (χ3v) is 8.05. The monoisotopic (exact) mass is 745 g/mol. The van der Waals surface area contributed by atoms with E-state index in [4.69, 9.17) is 4.74 Å². The van der Waals surface area contributed by atoms with Gasteiger partial charge in [-0.1, -0.05) is 75.9 Å². The van der Waals surface area contributed by atoms with Crippen LogP contribution in [-0.4, -0.2) is 16.3 Å². The zero-order valence-corrected chi connectivity index (χ0v) is 26.8. The molecule has 6 rings (SSSR count). The van der Waals surface area contributed by atoms with Crippen LogP contribution in [0.2, 0.25) is 0 Å². The zero-order valence-electron chi connectivity index (χ0n) is 20.4. The molecule has 0 aliphatic heterocycles. The second-order valence-corrected chi connectivity index (χ2v) is 13.6. The summed E-state index contributed by atoms with van der Waals surface area (Å²) in [4.78, 5) is 12.6. The Balaban J connectivity index is 0.000000162. The van der Waals surface area contributed by atoms with Crippen LogP contribution in [0.5, 0.6) is 0 Å². The van der Waals surface area contributed by atoms with Crippen LogP contribution in [-0.2, 0) is 11.2 Å². The van der Waals surface area contributed by atoms with E-state index in [1.165, 1.54) is 22.3 Å². The first-order valence-corrected chi connectivity index (χ1v) is 14.9. The molecule has 1 aliphatic carbocycles. The van der Waals surface area contributed by atoms with Crippen LogP contribution in [0.25, 0.3) is 32.9 Å². The number of ether oxygens (including phenoxy) is 1. The minimum Gasteiger partial charge on any atom is -0.443 e. The quantitative estimate of drug-likeness (QED) is 0.155. The molecule has 188 valence electrons. The summed E-state index contributed by atoms with van der Waals surface area (Å²) in [6, 6.07) is 24.8. The van der Waals surface area contributed by atoms with Gasteiger partial charge in [-0.25, -0.2) is 9.36 Å². The molecule has 0 fully saturated rings. The number of hydrogen-bond donors (Lipinski definition) is 0. The van der Waals surface area contributed by atoms with Crippen LogP contribution < -0.4 is 0 Å². The van der Waals surface area contributed by atoms with Crippen LogP contribution in [0.4, 0.5) is 4.79 Å². The van der Waals surface area contributed by atoms with Gasteiger partial charge in [0.2, 0.25) is 0 Å². The molecule has 0 bridgehead atoms. The topological polar surface area (TPSA) is 31.2 Å². The Morgan fingerprint density at radius 3 is 1.51 bits per heavy atom. The Morgan fingerprint density at radius 2 is 1.08 bits per heavy atom. The second kappa shape index (κ2) is 10.3. The first kappa shape index (κ1) is 26.7. The van der Waals surface area contributed by atoms with Gasteiger partial charge < -0.3 is 4.74 Å². The van der Waals surface area contributed by atoms with Crippen molar-refractivity contribution in [2.75, 3.05) is 0 Å². The molecule has 4 aromatic carbocycles. The fraction of sp³-hybridized carbons (Fsp3) is 0.167. The van der Waals surface area contributed by atoms with Crippen LogP contribution in [0.3, 0.4) is 0 Å². The highest BCUT2D eigenvalue weighted by atomic mass is 79.9. The number of aromatic nitrogens is 1. The lowest BCUT2D eigenvalue weighted by atomic mass is 10.1. The summed E-state index contributed by atoms with van der Waals surface area (Å²) in [5, 5.41) is 2.02. The first-order chi connectivity index (χ1) is 17.5. The van der Waals surface area contributed by atoms with Gasteiger partial charge in [-0.2, -0.15) is 0 Å². The number of rotatable bonds is 0. The molecule has 0 saturated heterocycles. The maximum absolute atomic E-state index is 12.6. The number of carbonyl (C=O) groups is 1. The van der Waals surface area contributed by atoms with E-state index in [1.807, 2.05) is 57.2 Å². The van der Waals surface area contributed by atoms with Gasteiger partial charge in [-0.15, -0.1) is 0 Å². The van der Waals surface area contributed by atoms with E-state index >= 15 is 0 Å². The van der Waals surface area contributed by atoms with Crippen molar-refractivity contribution < 1.29 is 9.53 Å². The number of hydrogen-bond acceptors (Lipinski definition) is 2. The lowest BCUT2D eigenvalue weighted by molar-refractivity contribution is 0.0551. The highest BCUT2D eigenvalue weighted by molar-refractivity contribution is 9.11. The Hall–Kier alpha value is -1.93. The van der Waals surface area contributed by atoms with Crippen molar-refractivity contribution in [2.45, 2.75) is 32.8 Å². The molecule has 0 amide bonds. The van der Waals surface area contributed by atoms with Gasteiger partial charge in [0.25, 0.3) is 0 Å². The largest absolute Gasteiger partial charge is 0.443 e. The lowest BCUT2D eigenvalue weighted by Crippen LogP contribution is -2.27. The number of fused-ring (bicyclic) bond motifs is 6. The number of carbonyl (C=O) groups excluding carboxylic acids is 1. The second-order valence-electron chi connectivity index (χ2n) is 9.92. The Bertz CT molecular complexity index is 1570. The molecule has 0 radical (unpaired) electrons. The van der Waals surface area contributed by atoms with Gasteiger partial charge in [-0.3, -0.25) is 0 Å². The number of benzene rings is 4. The van der Waals surface area contributed by atoms with E-state index in [0.717, 1.165) is 46.1 Å². The summed E-state index contributed by atoms with van der Waals surface area (Å²) in [5.41, 5.74) is 6.71. The van der Waals surface area contributed by atoms with E-state index in [0.29, 0.717) is 0 Å². The summed E-state index contributed by atoms with van der Waals surface area (Å²) in [6.45, 7) is 5.60. The molecule has 1 aromatic heterocycles. The van der Waals surface area contributed by atoms with Crippen molar-refractivity contribution in [1.29, 1.82) is 0 Å². The fourth-order valence-electron chi connectivity index (χ4n) is 4.58. The van der Waals surface area contributed by atoms with Crippen LogP contribution in [0.1, 0.15) is 31.9 Å². The Kier molecular flexibility index (Phi) is 7.44. The highest BCUT2D eigenvalue weighted by Gasteiger charge is 2.22. The summed E-state index contributed by atoms with van der Waals surface area (Å²) in [7, 11) is 0. The molecule has 5 aromatic rings. The fourth-order valence-corrected chi connectivity index (χ4v) is 6.03. The number of nitrogens with zero attached hydrogens (tertiary/aromatic N) is 1. The molecule has 0 atom stereocenters. The molecular weight excluding hydrogens is 726 g/mol. The van der Waals surface area contributed by atoms with Crippen molar-refractivity contribution in [3.63, 3.8) is 0 Å². The van der Waals surface area contributed by atoms with Crippen molar-refractivity contribution in [3.05, 3.63) is 102 Å². The molecule has 1 heterocycles. The van der Waals surface area contributed by atoms with Crippen LogP contribution in [0.15, 0.2) is 90.7 Å². The Morgan fingerprint density at radius 1 is 0.676 bits per heavy atom. The molecule has 1 aliphatic rings. The third-order valence-electron chi connectivity index (χ3n) is 6.08. The standard InChI is InChI=1S/C17H15Br2NO2.C13H8Br2/c1-17(2,3)22-16(21)20-14-6-4-10(18)8-12(14)13-9-11(19)5-7-15(13)20;14-10-3-1-8-5-9-2-4-11(15)7-13(9)12(8)6-10/h4-9H,1-3H3;1-4,6-7H,5H2. The zero-order chi connectivity index (χ0) is 26.5. The van der Waals surface area contributed by atoms with Crippen molar-refractivity contribution in [1.82, 2.24) is 4.57 Å². The van der Waals surface area contributed by atoms with E-state index in [-0.39, 0.29) is 6.09 Å². The van der Waals surface area contributed by atoms with Crippen LogP contribution >= 0.6 is 63.7 Å². The minimum atomic E-state index is -0.537. The minimum absolute atomic E-state index is 0.364. The average molecular weight is 749 g/mol. The molecular formula is C30H23Br4NO2. The maximum atomic E-state index is 12.6. The van der Waals surface area contributed by atoms with Gasteiger partial charge in [0, 0.05) is 28.7 Å². The van der Waals surface area contributed by atoms with E-state index < -0.39 is 5.60 Å². The molecule has 0 unspecified atom stereocenters. The third kappa shape index (κ3) is 5.60. The molecule has 37 heavy (non-hydrogen) atoms. The van der Waals surface area contributed by atoms with Gasteiger partial charge in [0.1, 0.15) is 5.60 Å². The van der Waals surface area contributed by atoms with E-state index in [9.17, 15) is 4.79 Å². The van der Waals surface area contributed by atoms with Crippen molar-refractivity contribution in [3.8, 4) is 11.1 Å². The lowest BCUT2D eigenvalue weighted by Gasteiger charge is -2.20. The molecule has 0 N–H and O–H groups in total. The smallest absolute Gasteiger partial charge is 0.419 e. The van der Waals surface area contributed by atoms with Gasteiger partial charge in [0.05, 0.1) is 11.0 Å². The molecule has 0 spiro atoms. The SMILES string of the molecule is Brc1ccc2c(c1)-c1cc(Br)ccc1C2.CC(C)(C)OC(=O)n1c2ccc(Br)cc2c2cc(Br)ccc21. The first-order valence-electron chi connectivity index (χ1n) is 11.7.